The molecule has 5 nitrogen and oxygen atoms in total. The van der Waals surface area contributed by atoms with E-state index in [2.05, 4.69) is 20.9 Å². The third kappa shape index (κ3) is 2.70. The van der Waals surface area contributed by atoms with Crippen LogP contribution in [0, 0.1) is 0 Å². The zero-order chi connectivity index (χ0) is 14.9. The summed E-state index contributed by atoms with van der Waals surface area (Å²) in [7, 11) is 0. The van der Waals surface area contributed by atoms with Crippen molar-refractivity contribution in [1.29, 1.82) is 0 Å². The molecule has 0 radical (unpaired) electrons. The first-order valence-corrected chi connectivity index (χ1v) is 7.00. The molecule has 0 unspecified atom stereocenters. The number of nitrogens with zero attached hydrogens (tertiary/aromatic N) is 1. The van der Waals surface area contributed by atoms with Crippen molar-refractivity contribution in [2.75, 3.05) is 6.54 Å². The van der Waals surface area contributed by atoms with Gasteiger partial charge in [0.15, 0.2) is 0 Å². The lowest BCUT2D eigenvalue weighted by Gasteiger charge is -2.24. The number of hydrogen-bond acceptors (Lipinski definition) is 2. The molecule has 0 bridgehead atoms. The second-order valence-electron chi connectivity index (χ2n) is 4.78. The Kier molecular flexibility index (Phi) is 4.13. The molecule has 0 saturated carbocycles. The van der Waals surface area contributed by atoms with Gasteiger partial charge in [0.25, 0.3) is 5.91 Å². The van der Waals surface area contributed by atoms with Crippen LogP contribution in [-0.2, 0) is 4.79 Å². The molecule has 2 N–H and O–H groups in total. The molecule has 0 atom stereocenters. The fourth-order valence-electron chi connectivity index (χ4n) is 2.03. The molecule has 0 aliphatic rings. The maximum atomic E-state index is 12.5. The number of carboxylic acids is 1. The van der Waals surface area contributed by atoms with Gasteiger partial charge in [-0.25, -0.2) is 0 Å². The van der Waals surface area contributed by atoms with E-state index in [-0.39, 0.29) is 18.5 Å². The molecule has 1 aromatic heterocycles. The third-order valence-corrected chi connectivity index (χ3v) is 3.87. The molecule has 1 heterocycles. The van der Waals surface area contributed by atoms with Crippen molar-refractivity contribution in [3.63, 3.8) is 0 Å². The number of H-pyrrole nitrogens is 1. The Morgan fingerprint density at radius 3 is 2.55 bits per heavy atom. The van der Waals surface area contributed by atoms with E-state index in [0.717, 1.165) is 10.9 Å². The first kappa shape index (κ1) is 14.6. The number of carboxylic acid groups (broad SMARTS) is 1. The highest BCUT2D eigenvalue weighted by molar-refractivity contribution is 9.10. The van der Waals surface area contributed by atoms with Crippen molar-refractivity contribution < 1.29 is 14.7 Å². The van der Waals surface area contributed by atoms with E-state index in [4.69, 9.17) is 5.11 Å². The molecule has 6 heteroatoms. The number of halogens is 1. The van der Waals surface area contributed by atoms with E-state index >= 15 is 0 Å². The number of carbonyl (C=O) groups excluding carboxylic acids is 1. The van der Waals surface area contributed by atoms with Crippen LogP contribution in [-0.4, -0.2) is 39.5 Å². The smallest absolute Gasteiger partial charge is 0.323 e. The SMILES string of the molecule is CC(C)N(CC(=O)O)C(=O)c1[nH]c2ccccc2c1Br. The lowest BCUT2D eigenvalue weighted by Crippen LogP contribution is -2.40. The first-order valence-electron chi connectivity index (χ1n) is 6.20. The molecule has 0 fully saturated rings. The van der Waals surface area contributed by atoms with Gasteiger partial charge in [0.2, 0.25) is 0 Å². The summed E-state index contributed by atoms with van der Waals surface area (Å²) < 4.78 is 0.661. The predicted molar refractivity (Wildman–Crippen MR) is 79.8 cm³/mol. The van der Waals surface area contributed by atoms with E-state index in [0.29, 0.717) is 10.2 Å². The van der Waals surface area contributed by atoms with E-state index in [9.17, 15) is 9.59 Å². The second kappa shape index (κ2) is 5.66. The minimum Gasteiger partial charge on any atom is -0.480 e. The van der Waals surface area contributed by atoms with Gasteiger partial charge in [-0.1, -0.05) is 18.2 Å². The molecule has 0 aliphatic heterocycles. The molecule has 1 aromatic carbocycles. The number of aromatic nitrogens is 1. The second-order valence-corrected chi connectivity index (χ2v) is 5.57. The normalized spacial score (nSPS) is 11.0. The lowest BCUT2D eigenvalue weighted by atomic mass is 10.2. The number of para-hydroxylation sites is 1. The monoisotopic (exact) mass is 338 g/mol. The van der Waals surface area contributed by atoms with E-state index < -0.39 is 5.97 Å². The van der Waals surface area contributed by atoms with Crippen molar-refractivity contribution in [3.8, 4) is 0 Å². The summed E-state index contributed by atoms with van der Waals surface area (Å²) in [6.45, 7) is 3.26. The number of benzene rings is 1. The Hall–Kier alpha value is -1.82. The standard InChI is InChI=1S/C14H15BrN2O3/c1-8(2)17(7-11(18)19)14(20)13-12(15)9-5-3-4-6-10(9)16-13/h3-6,8,16H,7H2,1-2H3,(H,18,19). The summed E-state index contributed by atoms with van der Waals surface area (Å²) in [5.41, 5.74) is 1.21. The number of hydrogen-bond donors (Lipinski definition) is 2. The zero-order valence-corrected chi connectivity index (χ0v) is 12.8. The Morgan fingerprint density at radius 2 is 2.00 bits per heavy atom. The van der Waals surface area contributed by atoms with Crippen LogP contribution in [0.3, 0.4) is 0 Å². The van der Waals surface area contributed by atoms with E-state index in [1.54, 1.807) is 13.8 Å². The Labute approximate surface area is 124 Å². The van der Waals surface area contributed by atoms with Gasteiger partial charge in [-0.15, -0.1) is 0 Å². The summed E-state index contributed by atoms with van der Waals surface area (Å²) in [5, 5.41) is 9.82. The van der Waals surface area contributed by atoms with Gasteiger partial charge >= 0.3 is 5.97 Å². The lowest BCUT2D eigenvalue weighted by molar-refractivity contribution is -0.138. The van der Waals surface area contributed by atoms with Crippen LogP contribution in [0.15, 0.2) is 28.7 Å². The van der Waals surface area contributed by atoms with Crippen LogP contribution < -0.4 is 0 Å². The number of aliphatic carboxylic acids is 1. The predicted octanol–water partition coefficient (Wildman–Crippen LogP) is 2.87. The van der Waals surface area contributed by atoms with Crippen LogP contribution in [0.2, 0.25) is 0 Å². The molecule has 0 saturated heterocycles. The van der Waals surface area contributed by atoms with Crippen LogP contribution in [0.25, 0.3) is 10.9 Å². The molecule has 2 aromatic rings. The molecule has 0 aliphatic carbocycles. The van der Waals surface area contributed by atoms with Crippen LogP contribution in [0.5, 0.6) is 0 Å². The minimum atomic E-state index is -1.03. The number of fused-ring (bicyclic) bond motifs is 1. The summed E-state index contributed by atoms with van der Waals surface area (Å²) in [4.78, 5) is 27.8. The molecule has 0 spiro atoms. The van der Waals surface area contributed by atoms with Gasteiger partial charge in [0.1, 0.15) is 12.2 Å². The summed E-state index contributed by atoms with van der Waals surface area (Å²) in [6.07, 6.45) is 0. The number of aromatic amines is 1. The number of carbonyl (C=O) groups is 2. The van der Waals surface area contributed by atoms with Gasteiger partial charge in [0, 0.05) is 16.9 Å². The summed E-state index contributed by atoms with van der Waals surface area (Å²) in [5.74, 6) is -1.36. The molecule has 1 amide bonds. The third-order valence-electron chi connectivity index (χ3n) is 3.05. The number of rotatable bonds is 4. The van der Waals surface area contributed by atoms with Crippen LogP contribution in [0.4, 0.5) is 0 Å². The number of amides is 1. The van der Waals surface area contributed by atoms with Gasteiger partial charge < -0.3 is 15.0 Å². The number of nitrogens with one attached hydrogen (secondary N) is 1. The maximum absolute atomic E-state index is 12.5. The summed E-state index contributed by atoms with van der Waals surface area (Å²) >= 11 is 3.41. The molecular weight excluding hydrogens is 324 g/mol. The summed E-state index contributed by atoms with van der Waals surface area (Å²) in [6, 6.07) is 7.32. The largest absolute Gasteiger partial charge is 0.480 e. The molecule has 20 heavy (non-hydrogen) atoms. The average Bonchev–Trinajstić information content (AvgIpc) is 2.73. The van der Waals surface area contributed by atoms with Gasteiger partial charge in [-0.3, -0.25) is 9.59 Å². The Morgan fingerprint density at radius 1 is 1.35 bits per heavy atom. The van der Waals surface area contributed by atoms with Crippen molar-refractivity contribution >= 4 is 38.7 Å². The topological polar surface area (TPSA) is 73.4 Å². The Balaban J connectivity index is 2.43. The maximum Gasteiger partial charge on any atom is 0.323 e. The van der Waals surface area contributed by atoms with Crippen LogP contribution in [0.1, 0.15) is 24.3 Å². The van der Waals surface area contributed by atoms with Crippen molar-refractivity contribution in [3.05, 3.63) is 34.4 Å². The van der Waals surface area contributed by atoms with Gasteiger partial charge in [0.05, 0.1) is 4.47 Å². The van der Waals surface area contributed by atoms with Crippen molar-refractivity contribution in [2.24, 2.45) is 0 Å². The highest BCUT2D eigenvalue weighted by Crippen LogP contribution is 2.28. The zero-order valence-electron chi connectivity index (χ0n) is 11.2. The van der Waals surface area contributed by atoms with Gasteiger partial charge in [-0.2, -0.15) is 0 Å². The fourth-order valence-corrected chi connectivity index (χ4v) is 2.65. The quantitative estimate of drug-likeness (QED) is 0.900. The highest BCUT2D eigenvalue weighted by Gasteiger charge is 2.25. The van der Waals surface area contributed by atoms with Crippen molar-refractivity contribution in [2.45, 2.75) is 19.9 Å². The van der Waals surface area contributed by atoms with Crippen molar-refractivity contribution in [1.82, 2.24) is 9.88 Å². The van der Waals surface area contributed by atoms with Crippen LogP contribution >= 0.6 is 15.9 Å². The molecular formula is C14H15BrN2O3. The Bertz CT molecular complexity index is 663. The molecule has 106 valence electrons. The van der Waals surface area contributed by atoms with E-state index in [1.165, 1.54) is 4.90 Å². The highest BCUT2D eigenvalue weighted by atomic mass is 79.9. The fraction of sp³-hybridized carbons (Fsp3) is 0.286. The molecule has 2 rings (SSSR count). The minimum absolute atomic E-state index is 0.197. The average molecular weight is 339 g/mol. The first-order chi connectivity index (χ1) is 9.41. The van der Waals surface area contributed by atoms with Gasteiger partial charge in [-0.05, 0) is 35.8 Å². The van der Waals surface area contributed by atoms with E-state index in [1.807, 2.05) is 24.3 Å².